The largest absolute Gasteiger partial charge is 0.337 e. The van der Waals surface area contributed by atoms with Gasteiger partial charge in [0.25, 0.3) is 5.56 Å². The molecule has 1 N–H and O–H groups in total. The van der Waals surface area contributed by atoms with Crippen LogP contribution in [0.15, 0.2) is 58.1 Å². The van der Waals surface area contributed by atoms with Crippen molar-refractivity contribution in [3.63, 3.8) is 0 Å². The number of hydrogen-bond acceptors (Lipinski definition) is 6. The highest BCUT2D eigenvalue weighted by molar-refractivity contribution is 6.33. The van der Waals surface area contributed by atoms with Crippen molar-refractivity contribution < 1.29 is 9.32 Å². The SMILES string of the molecule is Cc1ccc(NC(=O)Cn2c3ccccc3c3ncn(Cc4nc(C5CC5)no4)c(=O)c32)c(Cl)c1. The molecule has 0 saturated heterocycles. The number of hydrogen-bond donors (Lipinski definition) is 1. The van der Waals surface area contributed by atoms with Crippen LogP contribution in [0.3, 0.4) is 0 Å². The number of rotatable bonds is 6. The van der Waals surface area contributed by atoms with E-state index in [1.807, 2.05) is 37.3 Å². The van der Waals surface area contributed by atoms with Gasteiger partial charge < -0.3 is 14.4 Å². The number of benzene rings is 2. The van der Waals surface area contributed by atoms with Gasteiger partial charge in [-0.15, -0.1) is 0 Å². The fourth-order valence-corrected chi connectivity index (χ4v) is 4.55. The summed E-state index contributed by atoms with van der Waals surface area (Å²) >= 11 is 6.29. The highest BCUT2D eigenvalue weighted by Crippen LogP contribution is 2.38. The number of aromatic nitrogens is 5. The Hall–Kier alpha value is -3.98. The Bertz CT molecular complexity index is 1660. The maximum absolute atomic E-state index is 13.6. The average molecular weight is 489 g/mol. The standard InChI is InChI=1S/C25H21ClN6O3/c1-14-6-9-18(17(26)10-14)28-20(33)11-32-19-5-3-2-4-16(19)22-23(32)25(34)31(13-27-22)12-21-29-24(30-35-21)15-7-8-15/h2-6,9-10,13,15H,7-8,11-12H2,1H3,(H,28,33). The van der Waals surface area contributed by atoms with Gasteiger partial charge in [-0.3, -0.25) is 14.2 Å². The van der Waals surface area contributed by atoms with E-state index >= 15 is 0 Å². The first-order valence-electron chi connectivity index (χ1n) is 11.3. The van der Waals surface area contributed by atoms with Gasteiger partial charge in [0, 0.05) is 11.3 Å². The van der Waals surface area contributed by atoms with Gasteiger partial charge in [0.15, 0.2) is 5.82 Å². The summed E-state index contributed by atoms with van der Waals surface area (Å²) in [5, 5.41) is 8.11. The van der Waals surface area contributed by atoms with Crippen molar-refractivity contribution in [2.24, 2.45) is 0 Å². The molecule has 3 heterocycles. The quantitative estimate of drug-likeness (QED) is 0.382. The molecule has 0 bridgehead atoms. The van der Waals surface area contributed by atoms with Gasteiger partial charge in [0.05, 0.1) is 22.6 Å². The Kier molecular flexibility index (Phi) is 5.14. The molecule has 35 heavy (non-hydrogen) atoms. The maximum Gasteiger partial charge on any atom is 0.278 e. The number of halogens is 1. The van der Waals surface area contributed by atoms with E-state index in [1.165, 1.54) is 10.9 Å². The van der Waals surface area contributed by atoms with E-state index in [1.54, 1.807) is 16.7 Å². The zero-order chi connectivity index (χ0) is 24.1. The molecule has 1 fully saturated rings. The molecule has 0 atom stereocenters. The van der Waals surface area contributed by atoms with Gasteiger partial charge in [-0.25, -0.2) is 4.98 Å². The minimum Gasteiger partial charge on any atom is -0.337 e. The molecule has 10 heteroatoms. The zero-order valence-corrected chi connectivity index (χ0v) is 19.6. The van der Waals surface area contributed by atoms with Crippen LogP contribution in [-0.2, 0) is 17.9 Å². The van der Waals surface area contributed by atoms with Gasteiger partial charge in [-0.05, 0) is 43.5 Å². The first kappa shape index (κ1) is 21.5. The summed E-state index contributed by atoms with van der Waals surface area (Å²) in [5.74, 6) is 1.08. The molecule has 9 nitrogen and oxygen atoms in total. The van der Waals surface area contributed by atoms with E-state index in [2.05, 4.69) is 20.4 Å². The molecular formula is C25H21ClN6O3. The third-order valence-corrected chi connectivity index (χ3v) is 6.48. The van der Waals surface area contributed by atoms with Crippen LogP contribution in [0, 0.1) is 6.92 Å². The summed E-state index contributed by atoms with van der Waals surface area (Å²) in [4.78, 5) is 35.5. The highest BCUT2D eigenvalue weighted by atomic mass is 35.5. The molecule has 0 unspecified atom stereocenters. The topological polar surface area (TPSA) is 108 Å². The lowest BCUT2D eigenvalue weighted by Crippen LogP contribution is -2.25. The van der Waals surface area contributed by atoms with Crippen LogP contribution >= 0.6 is 11.6 Å². The molecule has 6 rings (SSSR count). The van der Waals surface area contributed by atoms with Crippen molar-refractivity contribution in [2.45, 2.75) is 38.8 Å². The Morgan fingerprint density at radius 1 is 1.23 bits per heavy atom. The maximum atomic E-state index is 13.6. The number of carbonyl (C=O) groups excluding carboxylic acids is 1. The zero-order valence-electron chi connectivity index (χ0n) is 18.9. The Labute approximate surface area is 204 Å². The number of nitrogens with one attached hydrogen (secondary N) is 1. The number of amides is 1. The minimum absolute atomic E-state index is 0.0818. The summed E-state index contributed by atoms with van der Waals surface area (Å²) in [5.41, 5.74) is 2.82. The normalized spacial score (nSPS) is 13.5. The van der Waals surface area contributed by atoms with Gasteiger partial charge >= 0.3 is 0 Å². The summed E-state index contributed by atoms with van der Waals surface area (Å²) in [6.45, 7) is 1.95. The molecule has 176 valence electrons. The van der Waals surface area contributed by atoms with Crippen molar-refractivity contribution >= 4 is 45.1 Å². The summed E-state index contributed by atoms with van der Waals surface area (Å²) in [6.07, 6.45) is 3.60. The van der Waals surface area contributed by atoms with Gasteiger partial charge in [-0.2, -0.15) is 4.98 Å². The van der Waals surface area contributed by atoms with Crippen LogP contribution in [-0.4, -0.2) is 30.2 Å². The molecule has 5 aromatic rings. The van der Waals surface area contributed by atoms with Crippen LogP contribution in [0.5, 0.6) is 0 Å². The molecule has 1 aliphatic carbocycles. The third kappa shape index (κ3) is 3.97. The van der Waals surface area contributed by atoms with Gasteiger partial charge in [-0.1, -0.05) is 41.0 Å². The lowest BCUT2D eigenvalue weighted by Gasteiger charge is -2.10. The second-order valence-corrected chi connectivity index (χ2v) is 9.24. The van der Waals surface area contributed by atoms with Crippen LogP contribution in [0.25, 0.3) is 21.9 Å². The minimum atomic E-state index is -0.306. The predicted octanol–water partition coefficient (Wildman–Crippen LogP) is 4.26. The average Bonchev–Trinajstić information content (AvgIpc) is 3.51. The number of fused-ring (bicyclic) bond motifs is 3. The Morgan fingerprint density at radius 3 is 2.86 bits per heavy atom. The number of anilines is 1. The Balaban J connectivity index is 1.38. The molecule has 2 aromatic carbocycles. The molecule has 3 aromatic heterocycles. The van der Waals surface area contributed by atoms with Crippen LogP contribution in [0.2, 0.25) is 5.02 Å². The van der Waals surface area contributed by atoms with Crippen LogP contribution in [0.1, 0.15) is 36.0 Å². The smallest absolute Gasteiger partial charge is 0.278 e. The van der Waals surface area contributed by atoms with E-state index in [4.69, 9.17) is 16.1 Å². The van der Waals surface area contributed by atoms with Crippen molar-refractivity contribution in [3.8, 4) is 0 Å². The molecule has 0 aliphatic heterocycles. The van der Waals surface area contributed by atoms with Crippen molar-refractivity contribution in [2.75, 3.05) is 5.32 Å². The number of nitrogens with zero attached hydrogens (tertiary/aromatic N) is 5. The molecule has 1 aliphatic rings. The summed E-state index contributed by atoms with van der Waals surface area (Å²) in [6, 6.07) is 12.9. The third-order valence-electron chi connectivity index (χ3n) is 6.17. The molecule has 0 radical (unpaired) electrons. The van der Waals surface area contributed by atoms with E-state index in [0.717, 1.165) is 29.3 Å². The first-order chi connectivity index (χ1) is 17.0. The highest BCUT2D eigenvalue weighted by Gasteiger charge is 2.29. The lowest BCUT2D eigenvalue weighted by molar-refractivity contribution is -0.116. The lowest BCUT2D eigenvalue weighted by atomic mass is 10.2. The molecule has 0 spiro atoms. The monoisotopic (exact) mass is 488 g/mol. The second kappa shape index (κ2) is 8.35. The van der Waals surface area contributed by atoms with E-state index in [9.17, 15) is 9.59 Å². The van der Waals surface area contributed by atoms with Crippen molar-refractivity contribution in [3.05, 3.63) is 81.4 Å². The molecule has 1 saturated carbocycles. The second-order valence-electron chi connectivity index (χ2n) is 8.83. The van der Waals surface area contributed by atoms with Crippen LogP contribution in [0.4, 0.5) is 5.69 Å². The van der Waals surface area contributed by atoms with E-state index in [-0.39, 0.29) is 24.6 Å². The first-order valence-corrected chi connectivity index (χ1v) is 11.7. The molecular weight excluding hydrogens is 468 g/mol. The van der Waals surface area contributed by atoms with Crippen LogP contribution < -0.4 is 10.9 Å². The fourth-order valence-electron chi connectivity index (χ4n) is 4.27. The summed E-state index contributed by atoms with van der Waals surface area (Å²) < 4.78 is 8.46. The van der Waals surface area contributed by atoms with Gasteiger partial charge in [0.1, 0.15) is 24.1 Å². The van der Waals surface area contributed by atoms with Gasteiger partial charge in [0.2, 0.25) is 11.8 Å². The number of aryl methyl sites for hydroxylation is 1. The molecule has 1 amide bonds. The van der Waals surface area contributed by atoms with E-state index in [0.29, 0.717) is 39.4 Å². The summed E-state index contributed by atoms with van der Waals surface area (Å²) in [7, 11) is 0. The Morgan fingerprint density at radius 2 is 2.06 bits per heavy atom. The number of para-hydroxylation sites is 1. The predicted molar refractivity (Wildman–Crippen MR) is 132 cm³/mol. The fraction of sp³-hybridized carbons (Fsp3) is 0.240. The van der Waals surface area contributed by atoms with Crippen molar-refractivity contribution in [1.82, 2.24) is 24.3 Å². The van der Waals surface area contributed by atoms with Crippen molar-refractivity contribution in [1.29, 1.82) is 0 Å². The number of carbonyl (C=O) groups is 1. The van der Waals surface area contributed by atoms with E-state index < -0.39 is 0 Å².